The molecule has 0 spiro atoms. The maximum absolute atomic E-state index is 3.71. The molecule has 16 heavy (non-hydrogen) atoms. The second-order valence-corrected chi connectivity index (χ2v) is 6.62. The van der Waals surface area contributed by atoms with Crippen LogP contribution in [0.4, 0.5) is 0 Å². The number of rotatable bonds is 4. The van der Waals surface area contributed by atoms with E-state index in [1.165, 1.54) is 51.7 Å². The van der Waals surface area contributed by atoms with Gasteiger partial charge in [0.25, 0.3) is 0 Å². The molecule has 0 amide bonds. The van der Waals surface area contributed by atoms with Crippen molar-refractivity contribution in [2.45, 2.75) is 52.0 Å². The number of hydrogen-bond donors (Lipinski definition) is 1. The second-order valence-electron chi connectivity index (χ2n) is 6.62. The molecule has 1 N–H and O–H groups in total. The van der Waals surface area contributed by atoms with Gasteiger partial charge in [-0.2, -0.15) is 0 Å². The van der Waals surface area contributed by atoms with Crippen LogP contribution in [-0.2, 0) is 0 Å². The van der Waals surface area contributed by atoms with E-state index in [4.69, 9.17) is 0 Å². The lowest BCUT2D eigenvalue weighted by Gasteiger charge is -2.42. The van der Waals surface area contributed by atoms with E-state index in [1.54, 1.807) is 0 Å². The van der Waals surface area contributed by atoms with Crippen LogP contribution in [0, 0.1) is 11.3 Å². The van der Waals surface area contributed by atoms with Crippen LogP contribution in [0.5, 0.6) is 0 Å². The van der Waals surface area contributed by atoms with E-state index in [0.717, 1.165) is 5.92 Å². The number of piperidine rings is 1. The summed E-state index contributed by atoms with van der Waals surface area (Å²) in [6.45, 7) is 8.59. The first-order valence-corrected chi connectivity index (χ1v) is 7.00. The summed E-state index contributed by atoms with van der Waals surface area (Å²) in [5.41, 5.74) is 0.478. The second kappa shape index (κ2) is 5.05. The molecule has 2 nitrogen and oxygen atoms in total. The Morgan fingerprint density at radius 2 is 1.94 bits per heavy atom. The van der Waals surface area contributed by atoms with Crippen LogP contribution in [0.15, 0.2) is 0 Å². The van der Waals surface area contributed by atoms with Crippen molar-refractivity contribution >= 4 is 0 Å². The third kappa shape index (κ3) is 2.98. The van der Waals surface area contributed by atoms with Crippen LogP contribution in [0.25, 0.3) is 0 Å². The van der Waals surface area contributed by atoms with Crippen LogP contribution in [0.2, 0.25) is 0 Å². The molecule has 2 fully saturated rings. The lowest BCUT2D eigenvalue weighted by atomic mass is 9.77. The molecule has 1 heterocycles. The summed E-state index contributed by atoms with van der Waals surface area (Å²) < 4.78 is 0. The van der Waals surface area contributed by atoms with Crippen molar-refractivity contribution < 1.29 is 0 Å². The van der Waals surface area contributed by atoms with Crippen molar-refractivity contribution in [2.24, 2.45) is 11.3 Å². The van der Waals surface area contributed by atoms with Gasteiger partial charge in [-0.1, -0.05) is 20.3 Å². The van der Waals surface area contributed by atoms with Crippen LogP contribution in [-0.4, -0.2) is 37.6 Å². The van der Waals surface area contributed by atoms with Gasteiger partial charge in [0.05, 0.1) is 0 Å². The Balaban J connectivity index is 1.77. The van der Waals surface area contributed by atoms with Crippen molar-refractivity contribution in [3.8, 4) is 0 Å². The summed E-state index contributed by atoms with van der Waals surface area (Å²) in [6, 6.07) is 0.686. The van der Waals surface area contributed by atoms with E-state index in [2.05, 4.69) is 31.1 Å². The number of nitrogens with zero attached hydrogens (tertiary/aromatic N) is 1. The van der Waals surface area contributed by atoms with Crippen LogP contribution in [0.1, 0.15) is 46.0 Å². The summed E-state index contributed by atoms with van der Waals surface area (Å²) in [4.78, 5) is 2.55. The average Bonchev–Trinajstić information content (AvgIpc) is 2.15. The molecule has 0 bridgehead atoms. The minimum Gasteiger partial charge on any atom is -0.312 e. The molecule has 0 aromatic rings. The van der Waals surface area contributed by atoms with Crippen LogP contribution < -0.4 is 5.32 Å². The van der Waals surface area contributed by atoms with Crippen molar-refractivity contribution in [1.82, 2.24) is 10.2 Å². The molecular weight excluding hydrogens is 196 g/mol. The van der Waals surface area contributed by atoms with E-state index in [9.17, 15) is 0 Å². The Hall–Kier alpha value is -0.0800. The van der Waals surface area contributed by atoms with Gasteiger partial charge in [0, 0.05) is 19.1 Å². The molecule has 0 aromatic heterocycles. The van der Waals surface area contributed by atoms with Gasteiger partial charge in [-0.3, -0.25) is 0 Å². The topological polar surface area (TPSA) is 15.3 Å². The monoisotopic (exact) mass is 224 g/mol. The van der Waals surface area contributed by atoms with Gasteiger partial charge in [0.2, 0.25) is 0 Å². The zero-order chi connectivity index (χ0) is 11.6. The number of nitrogens with one attached hydrogen (secondary N) is 1. The molecule has 2 heteroatoms. The Kier molecular flexibility index (Phi) is 3.91. The third-order valence-corrected chi connectivity index (χ3v) is 4.62. The van der Waals surface area contributed by atoms with Crippen molar-refractivity contribution in [3.05, 3.63) is 0 Å². The van der Waals surface area contributed by atoms with Gasteiger partial charge in [-0.25, -0.2) is 0 Å². The maximum Gasteiger partial charge on any atom is 0.0245 e. The lowest BCUT2D eigenvalue weighted by Crippen LogP contribution is -2.52. The lowest BCUT2D eigenvalue weighted by molar-refractivity contribution is 0.119. The predicted octanol–water partition coefficient (Wildman–Crippen LogP) is 2.50. The fraction of sp³-hybridized carbons (Fsp3) is 1.00. The molecule has 1 aliphatic heterocycles. The van der Waals surface area contributed by atoms with E-state index in [1.807, 2.05) is 0 Å². The van der Waals surface area contributed by atoms with Gasteiger partial charge in [0.15, 0.2) is 0 Å². The fourth-order valence-electron chi connectivity index (χ4n) is 3.08. The van der Waals surface area contributed by atoms with Crippen molar-refractivity contribution in [2.75, 3.05) is 26.7 Å². The number of hydrogen-bond acceptors (Lipinski definition) is 2. The van der Waals surface area contributed by atoms with E-state index >= 15 is 0 Å². The summed E-state index contributed by atoms with van der Waals surface area (Å²) >= 11 is 0. The summed E-state index contributed by atoms with van der Waals surface area (Å²) in [6.07, 6.45) is 7.11. The van der Waals surface area contributed by atoms with Gasteiger partial charge in [-0.05, 0) is 50.6 Å². The maximum atomic E-state index is 3.71. The Morgan fingerprint density at radius 1 is 1.19 bits per heavy atom. The largest absolute Gasteiger partial charge is 0.312 e. The molecule has 1 unspecified atom stereocenters. The molecule has 0 radical (unpaired) electrons. The third-order valence-electron chi connectivity index (χ3n) is 4.62. The highest BCUT2D eigenvalue weighted by Gasteiger charge is 2.33. The first-order chi connectivity index (χ1) is 7.58. The molecule has 1 saturated heterocycles. The zero-order valence-corrected chi connectivity index (χ0v) is 11.3. The Labute approximate surface area is 101 Å². The zero-order valence-electron chi connectivity index (χ0n) is 11.3. The quantitative estimate of drug-likeness (QED) is 0.789. The molecule has 1 aliphatic carbocycles. The molecular formula is C14H28N2. The molecule has 2 rings (SSSR count). The summed E-state index contributed by atoms with van der Waals surface area (Å²) in [7, 11) is 2.30. The van der Waals surface area contributed by atoms with Crippen LogP contribution >= 0.6 is 0 Å². The highest BCUT2D eigenvalue weighted by atomic mass is 15.1. The average molecular weight is 224 g/mol. The molecule has 1 atom stereocenters. The smallest absolute Gasteiger partial charge is 0.0245 e. The fourth-order valence-corrected chi connectivity index (χ4v) is 3.08. The molecule has 94 valence electrons. The van der Waals surface area contributed by atoms with Crippen molar-refractivity contribution in [1.29, 1.82) is 0 Å². The Morgan fingerprint density at radius 3 is 2.50 bits per heavy atom. The van der Waals surface area contributed by atoms with Crippen molar-refractivity contribution in [3.63, 3.8) is 0 Å². The first kappa shape index (κ1) is 12.4. The standard InChI is InChI=1S/C14H28N2/c1-14(2)8-5-9-15-13(14)11-16(3)10-12-6-4-7-12/h12-13,15H,4-11H2,1-3H3. The van der Waals surface area contributed by atoms with E-state index < -0.39 is 0 Å². The normalized spacial score (nSPS) is 30.4. The number of likely N-dealkylation sites (N-methyl/N-ethyl adjacent to an activating group) is 1. The van der Waals surface area contributed by atoms with E-state index in [-0.39, 0.29) is 0 Å². The molecule has 0 aromatic carbocycles. The molecule has 1 saturated carbocycles. The highest BCUT2D eigenvalue weighted by molar-refractivity contribution is 4.90. The van der Waals surface area contributed by atoms with Gasteiger partial charge >= 0.3 is 0 Å². The minimum absolute atomic E-state index is 0.478. The van der Waals surface area contributed by atoms with Gasteiger partial charge in [-0.15, -0.1) is 0 Å². The minimum atomic E-state index is 0.478. The Bertz CT molecular complexity index is 221. The SMILES string of the molecule is CN(CC1CCC1)CC1NCCCC1(C)C. The van der Waals surface area contributed by atoms with E-state index in [0.29, 0.717) is 11.5 Å². The summed E-state index contributed by atoms with van der Waals surface area (Å²) in [5.74, 6) is 0.997. The van der Waals surface area contributed by atoms with Crippen LogP contribution in [0.3, 0.4) is 0 Å². The summed E-state index contributed by atoms with van der Waals surface area (Å²) in [5, 5.41) is 3.71. The highest BCUT2D eigenvalue weighted by Crippen LogP contribution is 2.31. The first-order valence-electron chi connectivity index (χ1n) is 7.00. The van der Waals surface area contributed by atoms with Gasteiger partial charge < -0.3 is 10.2 Å². The van der Waals surface area contributed by atoms with Gasteiger partial charge in [0.1, 0.15) is 0 Å². The molecule has 2 aliphatic rings. The predicted molar refractivity (Wildman–Crippen MR) is 69.6 cm³/mol.